The second-order valence-electron chi connectivity index (χ2n) is 13.7. The number of rotatable bonds is 6. The van der Waals surface area contributed by atoms with Gasteiger partial charge < -0.3 is 9.84 Å². The minimum absolute atomic E-state index is 0.104. The summed E-state index contributed by atoms with van der Waals surface area (Å²) >= 11 is 9.91. The van der Waals surface area contributed by atoms with Gasteiger partial charge in [0.25, 0.3) is 0 Å². The molecule has 0 radical (unpaired) electrons. The Kier molecular flexibility index (Phi) is 8.19. The number of ether oxygens (including phenoxy) is 1. The Morgan fingerprint density at radius 2 is 1.61 bits per heavy atom. The fourth-order valence-electron chi connectivity index (χ4n) is 9.17. The van der Waals surface area contributed by atoms with Crippen molar-refractivity contribution in [2.75, 3.05) is 16.9 Å². The van der Waals surface area contributed by atoms with E-state index in [2.05, 4.69) is 15.9 Å². The first-order valence-corrected chi connectivity index (χ1v) is 18.2. The monoisotopic (exact) mass is 764 g/mol. The van der Waals surface area contributed by atoms with Crippen molar-refractivity contribution in [3.8, 4) is 11.5 Å². The first kappa shape index (κ1) is 33.4. The minimum atomic E-state index is -1.45. The smallest absolute Gasteiger partial charge is 0.246 e. The van der Waals surface area contributed by atoms with Crippen molar-refractivity contribution >= 4 is 62.5 Å². The van der Waals surface area contributed by atoms with Gasteiger partial charge in [-0.2, -0.15) is 0 Å². The van der Waals surface area contributed by atoms with Gasteiger partial charge in [0.2, 0.25) is 23.6 Å². The molecule has 1 saturated carbocycles. The molecular weight excluding hydrogens is 732 g/mol. The SMILES string of the molecule is CCc1ccc(N2C(=O)C3CC=C4C(CC5C(=O)N(c6cccc(Cl)c6)C(=O)C5(c5ccccc5)C4c4cc(Br)c(O)c(OC)c4)C3C2=O)cc1. The molecule has 6 atom stereocenters. The first-order valence-electron chi connectivity index (χ1n) is 17.0. The van der Waals surface area contributed by atoms with E-state index >= 15 is 4.79 Å². The molecule has 2 heterocycles. The van der Waals surface area contributed by atoms with Gasteiger partial charge in [0, 0.05) is 10.9 Å². The number of phenolic OH excluding ortho intramolecular Hbond substituents is 1. The normalized spacial score (nSPS) is 26.9. The van der Waals surface area contributed by atoms with Crippen molar-refractivity contribution in [3.05, 3.63) is 129 Å². The zero-order chi connectivity index (χ0) is 35.8. The van der Waals surface area contributed by atoms with Crippen LogP contribution in [-0.2, 0) is 31.0 Å². The molecule has 4 aromatic rings. The number of methoxy groups -OCH3 is 1. The Morgan fingerprint density at radius 1 is 0.863 bits per heavy atom. The van der Waals surface area contributed by atoms with Gasteiger partial charge in [-0.1, -0.05) is 78.7 Å². The van der Waals surface area contributed by atoms with E-state index in [0.29, 0.717) is 38.4 Å². The third kappa shape index (κ3) is 4.84. The highest BCUT2D eigenvalue weighted by molar-refractivity contribution is 9.10. The summed E-state index contributed by atoms with van der Waals surface area (Å²) in [5.74, 6) is -4.83. The van der Waals surface area contributed by atoms with Crippen LogP contribution in [0.5, 0.6) is 11.5 Å². The molecule has 0 spiro atoms. The van der Waals surface area contributed by atoms with Crippen LogP contribution in [0.15, 0.2) is 107 Å². The molecule has 4 aromatic carbocycles. The van der Waals surface area contributed by atoms with Gasteiger partial charge in [0.1, 0.15) is 0 Å². The summed E-state index contributed by atoms with van der Waals surface area (Å²) in [5.41, 5.74) is 2.62. The van der Waals surface area contributed by atoms with Crippen molar-refractivity contribution in [1.82, 2.24) is 0 Å². The maximum Gasteiger partial charge on any atom is 0.246 e. The molecule has 6 unspecified atom stereocenters. The molecule has 2 saturated heterocycles. The molecule has 51 heavy (non-hydrogen) atoms. The summed E-state index contributed by atoms with van der Waals surface area (Å²) in [6, 6.07) is 26.9. The molecule has 258 valence electrons. The van der Waals surface area contributed by atoms with Crippen molar-refractivity contribution in [1.29, 1.82) is 0 Å². The highest BCUT2D eigenvalue weighted by Gasteiger charge is 2.70. The second-order valence-corrected chi connectivity index (χ2v) is 15.0. The van der Waals surface area contributed by atoms with Gasteiger partial charge in [-0.15, -0.1) is 0 Å². The van der Waals surface area contributed by atoms with Crippen LogP contribution in [0.3, 0.4) is 0 Å². The van der Waals surface area contributed by atoms with E-state index in [1.165, 1.54) is 16.9 Å². The number of anilines is 2. The fraction of sp³-hybridized carbons (Fsp3) is 0.268. The highest BCUT2D eigenvalue weighted by atomic mass is 79.9. The number of benzene rings is 4. The number of carbonyl (C=O) groups excluding carboxylic acids is 4. The first-order chi connectivity index (χ1) is 24.6. The Bertz CT molecular complexity index is 2150. The van der Waals surface area contributed by atoms with Crippen molar-refractivity contribution in [3.63, 3.8) is 0 Å². The maximum atomic E-state index is 15.4. The van der Waals surface area contributed by atoms with Gasteiger partial charge in [0.05, 0.1) is 46.1 Å². The lowest BCUT2D eigenvalue weighted by Crippen LogP contribution is -2.53. The topological polar surface area (TPSA) is 104 Å². The third-order valence-corrected chi connectivity index (χ3v) is 12.2. The van der Waals surface area contributed by atoms with Crippen LogP contribution in [0.1, 0.15) is 42.4 Å². The summed E-state index contributed by atoms with van der Waals surface area (Å²) < 4.78 is 5.95. The Labute approximate surface area is 308 Å². The summed E-state index contributed by atoms with van der Waals surface area (Å²) in [5, 5.41) is 11.3. The number of fused-ring (bicyclic) bond motifs is 4. The summed E-state index contributed by atoms with van der Waals surface area (Å²) in [7, 11) is 1.45. The predicted molar refractivity (Wildman–Crippen MR) is 197 cm³/mol. The summed E-state index contributed by atoms with van der Waals surface area (Å²) in [6.07, 6.45) is 3.32. The van der Waals surface area contributed by atoms with E-state index in [1.807, 2.05) is 67.6 Å². The number of hydrogen-bond donors (Lipinski definition) is 1. The quantitative estimate of drug-likeness (QED) is 0.159. The zero-order valence-corrected chi connectivity index (χ0v) is 30.2. The molecule has 4 amide bonds. The molecule has 4 aliphatic rings. The molecule has 8 rings (SSSR count). The molecule has 1 N–H and O–H groups in total. The van der Waals surface area contributed by atoms with Gasteiger partial charge in [-0.25, -0.2) is 4.90 Å². The van der Waals surface area contributed by atoms with E-state index in [9.17, 15) is 19.5 Å². The number of aromatic hydroxyl groups is 1. The molecule has 0 aromatic heterocycles. The number of halogens is 2. The van der Waals surface area contributed by atoms with Gasteiger partial charge in [-0.05, 0) is 100 Å². The van der Waals surface area contributed by atoms with Crippen molar-refractivity contribution in [2.45, 2.75) is 37.5 Å². The van der Waals surface area contributed by atoms with E-state index in [1.54, 1.807) is 36.4 Å². The highest BCUT2D eigenvalue weighted by Crippen LogP contribution is 2.65. The number of hydrogen-bond acceptors (Lipinski definition) is 6. The lowest BCUT2D eigenvalue weighted by Gasteiger charge is -2.50. The number of imide groups is 2. The second kappa shape index (κ2) is 12.5. The molecule has 0 bridgehead atoms. The predicted octanol–water partition coefficient (Wildman–Crippen LogP) is 7.75. The lowest BCUT2D eigenvalue weighted by molar-refractivity contribution is -0.127. The van der Waals surface area contributed by atoms with E-state index in [0.717, 1.165) is 17.6 Å². The van der Waals surface area contributed by atoms with Gasteiger partial charge in [0.15, 0.2) is 11.5 Å². The maximum absolute atomic E-state index is 15.4. The average Bonchev–Trinajstić information content (AvgIpc) is 3.53. The van der Waals surface area contributed by atoms with E-state index < -0.39 is 46.8 Å². The molecular formula is C41H34BrClN2O6. The summed E-state index contributed by atoms with van der Waals surface area (Å²) in [4.78, 5) is 61.5. The number of nitrogens with zero attached hydrogens (tertiary/aromatic N) is 2. The zero-order valence-electron chi connectivity index (χ0n) is 27.9. The molecule has 2 aliphatic heterocycles. The average molecular weight is 766 g/mol. The number of carbonyl (C=O) groups is 4. The molecule has 10 heteroatoms. The molecule has 8 nitrogen and oxygen atoms in total. The van der Waals surface area contributed by atoms with Crippen LogP contribution < -0.4 is 14.5 Å². The number of aryl methyl sites for hydroxylation is 1. The molecule has 2 aliphatic carbocycles. The number of phenols is 1. The Hall–Kier alpha value is -4.73. The van der Waals surface area contributed by atoms with Crippen LogP contribution >= 0.6 is 27.5 Å². The summed E-state index contributed by atoms with van der Waals surface area (Å²) in [6.45, 7) is 2.04. The Balaban J connectivity index is 1.36. The standard InChI is InChI=1S/C41H34BrClN2O6/c1-3-22-12-14-26(15-13-22)44-37(47)29-17-16-28-30(34(29)39(44)49)21-31-38(48)45(27-11-7-10-25(43)20-27)40(50)41(31,24-8-5-4-6-9-24)35(28)23-18-32(42)36(46)33(19-23)51-2/h4-16,18-20,29-31,34-35,46H,3,17,21H2,1-2H3. The van der Waals surface area contributed by atoms with Crippen LogP contribution in [0.4, 0.5) is 11.4 Å². The third-order valence-electron chi connectivity index (χ3n) is 11.4. The minimum Gasteiger partial charge on any atom is -0.503 e. The van der Waals surface area contributed by atoms with E-state index in [4.69, 9.17) is 16.3 Å². The van der Waals surface area contributed by atoms with Crippen LogP contribution in [0, 0.1) is 23.7 Å². The molecule has 3 fully saturated rings. The van der Waals surface area contributed by atoms with Crippen LogP contribution in [0.2, 0.25) is 5.02 Å². The lowest BCUT2D eigenvalue weighted by atomic mass is 9.49. The van der Waals surface area contributed by atoms with Crippen LogP contribution in [0.25, 0.3) is 0 Å². The van der Waals surface area contributed by atoms with E-state index in [-0.39, 0.29) is 29.7 Å². The van der Waals surface area contributed by atoms with Gasteiger partial charge in [-0.3, -0.25) is 24.1 Å². The number of amides is 4. The number of allylic oxidation sites excluding steroid dienone is 2. The van der Waals surface area contributed by atoms with Gasteiger partial charge >= 0.3 is 0 Å². The largest absolute Gasteiger partial charge is 0.503 e. The van der Waals surface area contributed by atoms with Crippen molar-refractivity contribution in [2.24, 2.45) is 23.7 Å². The fourth-order valence-corrected chi connectivity index (χ4v) is 9.81. The van der Waals surface area contributed by atoms with Crippen molar-refractivity contribution < 1.29 is 29.0 Å². The Morgan fingerprint density at radius 3 is 2.29 bits per heavy atom. The van der Waals surface area contributed by atoms with Crippen LogP contribution in [-0.4, -0.2) is 35.8 Å².